The van der Waals surface area contributed by atoms with Gasteiger partial charge in [-0.15, -0.1) is 0 Å². The zero-order valence-corrected chi connectivity index (χ0v) is 14.4. The van der Waals surface area contributed by atoms with Gasteiger partial charge in [0, 0.05) is 24.6 Å². The number of phenols is 1. The maximum Gasteiger partial charge on any atom is 0.115 e. The Morgan fingerprint density at radius 2 is 2.26 bits per heavy atom. The molecule has 2 bridgehead atoms. The summed E-state index contributed by atoms with van der Waals surface area (Å²) in [5, 5.41) is 10.00. The van der Waals surface area contributed by atoms with Gasteiger partial charge in [0.25, 0.3) is 0 Å². The first-order chi connectivity index (χ1) is 11.1. The molecule has 1 aliphatic carbocycles. The van der Waals surface area contributed by atoms with Crippen LogP contribution in [0.2, 0.25) is 0 Å². The van der Waals surface area contributed by atoms with Crippen molar-refractivity contribution in [3.63, 3.8) is 0 Å². The van der Waals surface area contributed by atoms with E-state index in [-0.39, 0.29) is 5.41 Å². The molecule has 1 aromatic rings. The summed E-state index contributed by atoms with van der Waals surface area (Å²) in [6.45, 7) is 7.96. The lowest BCUT2D eigenvalue weighted by atomic mass is 9.57. The summed E-state index contributed by atoms with van der Waals surface area (Å²) in [4.78, 5) is 2.70. The van der Waals surface area contributed by atoms with Gasteiger partial charge in [-0.2, -0.15) is 0 Å². The number of hydrogen-bond donors (Lipinski definition) is 1. The van der Waals surface area contributed by atoms with Gasteiger partial charge in [0.1, 0.15) is 5.75 Å². The summed E-state index contributed by atoms with van der Waals surface area (Å²) >= 11 is 0. The normalized spacial score (nSPS) is 36.9. The summed E-state index contributed by atoms with van der Waals surface area (Å²) in [7, 11) is 0. The van der Waals surface area contributed by atoms with Gasteiger partial charge < -0.3 is 9.84 Å². The average Bonchev–Trinajstić information content (AvgIpc) is 3.05. The van der Waals surface area contributed by atoms with Crippen LogP contribution < -0.4 is 0 Å². The lowest BCUT2D eigenvalue weighted by Crippen LogP contribution is -2.59. The van der Waals surface area contributed by atoms with E-state index in [2.05, 4.69) is 24.8 Å². The number of nitrogens with zero attached hydrogens (tertiary/aromatic N) is 1. The van der Waals surface area contributed by atoms with Crippen LogP contribution in [-0.4, -0.2) is 41.8 Å². The number of rotatable bonds is 3. The van der Waals surface area contributed by atoms with Gasteiger partial charge in [-0.05, 0) is 67.8 Å². The summed E-state index contributed by atoms with van der Waals surface area (Å²) in [6.07, 6.45) is 6.36. The van der Waals surface area contributed by atoms with Crippen LogP contribution in [0.5, 0.6) is 5.75 Å². The Hall–Kier alpha value is -1.06. The Morgan fingerprint density at radius 3 is 3.00 bits per heavy atom. The van der Waals surface area contributed by atoms with Gasteiger partial charge >= 0.3 is 0 Å². The second-order valence-electron chi connectivity index (χ2n) is 7.79. The van der Waals surface area contributed by atoms with E-state index in [1.165, 1.54) is 30.4 Å². The van der Waals surface area contributed by atoms with Gasteiger partial charge in [-0.25, -0.2) is 0 Å². The van der Waals surface area contributed by atoms with E-state index < -0.39 is 0 Å². The Bertz CT molecular complexity index is 581. The van der Waals surface area contributed by atoms with Crippen molar-refractivity contribution < 1.29 is 9.84 Å². The number of aromatic hydroxyl groups is 1. The van der Waals surface area contributed by atoms with Crippen molar-refractivity contribution in [2.24, 2.45) is 5.92 Å². The maximum absolute atomic E-state index is 10.00. The second-order valence-corrected chi connectivity index (χ2v) is 7.79. The minimum atomic E-state index is 0.240. The second kappa shape index (κ2) is 5.78. The van der Waals surface area contributed by atoms with Gasteiger partial charge in [0.15, 0.2) is 0 Å². The first-order valence-corrected chi connectivity index (χ1v) is 9.32. The SMILES string of the molecule is CC[C@@]12CCN(C[C@@H]3CCCO3)[C@H](Cc3ccc(O)cc31)[C@@H]2C. The minimum absolute atomic E-state index is 0.240. The Morgan fingerprint density at radius 1 is 1.39 bits per heavy atom. The predicted octanol–water partition coefficient (Wildman–Crippen LogP) is 3.49. The molecule has 2 aliphatic heterocycles. The van der Waals surface area contributed by atoms with Crippen LogP contribution >= 0.6 is 0 Å². The molecule has 0 amide bonds. The molecule has 3 aliphatic rings. The topological polar surface area (TPSA) is 32.7 Å². The largest absolute Gasteiger partial charge is 0.508 e. The van der Waals surface area contributed by atoms with Crippen LogP contribution in [0.15, 0.2) is 18.2 Å². The maximum atomic E-state index is 10.00. The van der Waals surface area contributed by atoms with E-state index in [0.717, 1.165) is 32.5 Å². The first-order valence-electron chi connectivity index (χ1n) is 9.32. The van der Waals surface area contributed by atoms with E-state index in [1.807, 2.05) is 12.1 Å². The van der Waals surface area contributed by atoms with E-state index in [1.54, 1.807) is 0 Å². The number of likely N-dealkylation sites (tertiary alicyclic amines) is 1. The molecule has 23 heavy (non-hydrogen) atoms. The summed E-state index contributed by atoms with van der Waals surface area (Å²) in [5.41, 5.74) is 3.11. The van der Waals surface area contributed by atoms with Gasteiger partial charge in [0.05, 0.1) is 6.10 Å². The summed E-state index contributed by atoms with van der Waals surface area (Å²) < 4.78 is 5.89. The monoisotopic (exact) mass is 315 g/mol. The molecule has 2 heterocycles. The highest BCUT2D eigenvalue weighted by atomic mass is 16.5. The van der Waals surface area contributed by atoms with Crippen LogP contribution in [0.3, 0.4) is 0 Å². The van der Waals surface area contributed by atoms with Crippen molar-refractivity contribution in [3.8, 4) is 5.75 Å². The molecule has 0 saturated carbocycles. The van der Waals surface area contributed by atoms with Gasteiger partial charge in [0.2, 0.25) is 0 Å². The van der Waals surface area contributed by atoms with Crippen LogP contribution in [0.25, 0.3) is 0 Å². The molecular formula is C20H29NO2. The van der Waals surface area contributed by atoms with Crippen molar-refractivity contribution in [1.82, 2.24) is 4.90 Å². The number of piperidine rings is 1. The zero-order valence-electron chi connectivity index (χ0n) is 14.4. The standard InChI is InChI=1S/C20H29NO2/c1-3-20-8-9-21(13-17-5-4-10-23-17)19(14(20)2)11-15-6-7-16(22)12-18(15)20/h6-7,12,14,17,19,22H,3-5,8-11,13H2,1-2H3/t14-,17-,19+,20-/m0/s1. The summed E-state index contributed by atoms with van der Waals surface area (Å²) in [6, 6.07) is 6.67. The highest BCUT2D eigenvalue weighted by molar-refractivity contribution is 5.44. The van der Waals surface area contributed by atoms with E-state index in [4.69, 9.17) is 4.74 Å². The van der Waals surface area contributed by atoms with Crippen LogP contribution in [0, 0.1) is 5.92 Å². The van der Waals surface area contributed by atoms with Crippen molar-refractivity contribution in [2.45, 2.75) is 63.5 Å². The molecule has 3 nitrogen and oxygen atoms in total. The number of benzene rings is 1. The third-order valence-corrected chi connectivity index (χ3v) is 6.91. The lowest BCUT2D eigenvalue weighted by molar-refractivity contribution is -0.0131. The molecule has 0 aromatic heterocycles. The third-order valence-electron chi connectivity index (χ3n) is 6.91. The van der Waals surface area contributed by atoms with Crippen LogP contribution in [-0.2, 0) is 16.6 Å². The Labute approximate surface area is 139 Å². The van der Waals surface area contributed by atoms with Gasteiger partial charge in [-0.3, -0.25) is 4.90 Å². The molecule has 4 rings (SSSR count). The molecule has 0 spiro atoms. The molecule has 126 valence electrons. The molecule has 2 saturated heterocycles. The van der Waals surface area contributed by atoms with E-state index in [0.29, 0.717) is 23.8 Å². The van der Waals surface area contributed by atoms with Gasteiger partial charge in [-0.1, -0.05) is 19.9 Å². The van der Waals surface area contributed by atoms with Crippen LogP contribution in [0.4, 0.5) is 0 Å². The molecule has 2 fully saturated rings. The third kappa shape index (κ3) is 2.40. The van der Waals surface area contributed by atoms with Crippen molar-refractivity contribution in [1.29, 1.82) is 0 Å². The lowest BCUT2D eigenvalue weighted by Gasteiger charge is -2.56. The Kier molecular flexibility index (Phi) is 3.89. The molecule has 1 N–H and O–H groups in total. The number of ether oxygens (including phenoxy) is 1. The fraction of sp³-hybridized carbons (Fsp3) is 0.700. The van der Waals surface area contributed by atoms with Crippen LogP contribution in [0.1, 0.15) is 50.7 Å². The molecule has 4 atom stereocenters. The number of phenolic OH excluding ortho intramolecular Hbond substituents is 1. The summed E-state index contributed by atoms with van der Waals surface area (Å²) in [5.74, 6) is 1.06. The van der Waals surface area contributed by atoms with Crippen molar-refractivity contribution >= 4 is 0 Å². The first kappa shape index (κ1) is 15.5. The highest BCUT2D eigenvalue weighted by Gasteiger charge is 2.50. The van der Waals surface area contributed by atoms with Crippen molar-refractivity contribution in [2.75, 3.05) is 19.7 Å². The average molecular weight is 315 g/mol. The fourth-order valence-corrected chi connectivity index (χ4v) is 5.50. The minimum Gasteiger partial charge on any atom is -0.508 e. The number of fused-ring (bicyclic) bond motifs is 4. The molecular weight excluding hydrogens is 286 g/mol. The molecule has 0 unspecified atom stereocenters. The fourth-order valence-electron chi connectivity index (χ4n) is 5.50. The quantitative estimate of drug-likeness (QED) is 0.927. The predicted molar refractivity (Wildman–Crippen MR) is 91.9 cm³/mol. The number of hydrogen-bond acceptors (Lipinski definition) is 3. The highest BCUT2D eigenvalue weighted by Crippen LogP contribution is 2.51. The Balaban J connectivity index is 1.66. The smallest absolute Gasteiger partial charge is 0.115 e. The van der Waals surface area contributed by atoms with E-state index >= 15 is 0 Å². The zero-order chi connectivity index (χ0) is 16.0. The van der Waals surface area contributed by atoms with E-state index in [9.17, 15) is 5.11 Å². The molecule has 3 heteroatoms. The molecule has 1 aromatic carbocycles. The molecule has 0 radical (unpaired) electrons. The van der Waals surface area contributed by atoms with Crippen molar-refractivity contribution in [3.05, 3.63) is 29.3 Å².